The second-order valence-corrected chi connectivity index (χ2v) is 4.72. The molecule has 106 valence electrons. The van der Waals surface area contributed by atoms with Gasteiger partial charge >= 0.3 is 0 Å². The van der Waals surface area contributed by atoms with E-state index in [2.05, 4.69) is 15.5 Å². The number of benzene rings is 1. The molecule has 0 fully saturated rings. The minimum Gasteiger partial charge on any atom is -0.480 e. The minimum absolute atomic E-state index is 0.152. The van der Waals surface area contributed by atoms with Gasteiger partial charge in [0, 0.05) is 11.1 Å². The summed E-state index contributed by atoms with van der Waals surface area (Å²) in [6, 6.07) is 7.89. The molecule has 2 rings (SSSR count). The van der Waals surface area contributed by atoms with E-state index in [0.717, 1.165) is 0 Å². The Bertz CT molecular complexity index is 577. The first kappa shape index (κ1) is 14.7. The molecule has 0 aliphatic rings. The number of rotatable bonds is 5. The van der Waals surface area contributed by atoms with Crippen molar-refractivity contribution in [3.05, 3.63) is 52.4 Å². The lowest BCUT2D eigenvalue weighted by molar-refractivity contribution is 0.389. The number of likely N-dealkylation sites (N-methyl/N-ethyl adjacent to an activating group) is 1. The molecule has 0 saturated carbocycles. The van der Waals surface area contributed by atoms with Gasteiger partial charge in [0.15, 0.2) is 0 Å². The van der Waals surface area contributed by atoms with E-state index in [9.17, 15) is 4.39 Å². The van der Waals surface area contributed by atoms with E-state index < -0.39 is 0 Å². The van der Waals surface area contributed by atoms with Crippen LogP contribution < -0.4 is 10.1 Å². The van der Waals surface area contributed by atoms with Crippen LogP contribution in [0, 0.1) is 5.82 Å². The topological polar surface area (TPSA) is 47.0 Å². The van der Waals surface area contributed by atoms with Crippen molar-refractivity contribution in [3.8, 4) is 5.88 Å². The Morgan fingerprint density at radius 1 is 1.30 bits per heavy atom. The molecule has 0 aliphatic carbocycles. The molecule has 1 N–H and O–H groups in total. The number of hydrogen-bond acceptors (Lipinski definition) is 4. The average Bonchev–Trinajstić information content (AvgIpc) is 2.48. The van der Waals surface area contributed by atoms with Gasteiger partial charge in [-0.2, -0.15) is 5.10 Å². The molecule has 1 atom stereocenters. The van der Waals surface area contributed by atoms with Gasteiger partial charge in [-0.15, -0.1) is 5.10 Å². The van der Waals surface area contributed by atoms with Crippen LogP contribution in [0.1, 0.15) is 17.3 Å². The molecule has 0 bridgehead atoms. The van der Waals surface area contributed by atoms with Crippen molar-refractivity contribution in [3.63, 3.8) is 0 Å². The third kappa shape index (κ3) is 3.43. The van der Waals surface area contributed by atoms with Crippen LogP contribution >= 0.6 is 11.6 Å². The van der Waals surface area contributed by atoms with Crippen LogP contribution in [0.5, 0.6) is 5.88 Å². The Balaban J connectivity index is 2.21. The predicted octanol–water partition coefficient (Wildman–Crippen LogP) is 2.78. The molecule has 0 amide bonds. The van der Waals surface area contributed by atoms with Crippen LogP contribution in [-0.4, -0.2) is 24.4 Å². The summed E-state index contributed by atoms with van der Waals surface area (Å²) >= 11 is 5.90. The van der Waals surface area contributed by atoms with E-state index in [0.29, 0.717) is 28.6 Å². The minimum atomic E-state index is -0.281. The molecule has 0 saturated heterocycles. The van der Waals surface area contributed by atoms with Gasteiger partial charge in [0.05, 0.1) is 18.8 Å². The van der Waals surface area contributed by atoms with Crippen LogP contribution in [-0.2, 0) is 6.42 Å². The van der Waals surface area contributed by atoms with Crippen LogP contribution in [0.3, 0.4) is 0 Å². The van der Waals surface area contributed by atoms with Crippen molar-refractivity contribution in [2.75, 3.05) is 14.2 Å². The van der Waals surface area contributed by atoms with Gasteiger partial charge in [-0.3, -0.25) is 0 Å². The second kappa shape index (κ2) is 6.63. The fraction of sp³-hybridized carbons (Fsp3) is 0.286. The Morgan fingerprint density at radius 2 is 2.10 bits per heavy atom. The summed E-state index contributed by atoms with van der Waals surface area (Å²) in [7, 11) is 3.32. The zero-order chi connectivity index (χ0) is 14.5. The van der Waals surface area contributed by atoms with Gasteiger partial charge in [-0.1, -0.05) is 11.6 Å². The third-order valence-electron chi connectivity index (χ3n) is 3.01. The van der Waals surface area contributed by atoms with Gasteiger partial charge in [-0.25, -0.2) is 4.39 Å². The van der Waals surface area contributed by atoms with E-state index in [1.54, 1.807) is 25.2 Å². The highest BCUT2D eigenvalue weighted by Gasteiger charge is 2.15. The van der Waals surface area contributed by atoms with Gasteiger partial charge in [0.25, 0.3) is 0 Å². The standard InChI is InChI=1S/C14H15ClFN3O/c1-17-13(12-5-6-14(20-2)19-18-12)8-9-7-10(15)3-4-11(9)16/h3-7,13,17H,8H2,1-2H3. The quantitative estimate of drug-likeness (QED) is 0.921. The Hall–Kier alpha value is -1.72. The molecule has 1 heterocycles. The number of methoxy groups -OCH3 is 1. The van der Waals surface area contributed by atoms with Gasteiger partial charge in [-0.05, 0) is 43.3 Å². The molecule has 1 aromatic heterocycles. The van der Waals surface area contributed by atoms with E-state index in [-0.39, 0.29) is 11.9 Å². The Morgan fingerprint density at radius 3 is 2.70 bits per heavy atom. The fourth-order valence-electron chi connectivity index (χ4n) is 1.90. The first-order valence-electron chi connectivity index (χ1n) is 6.13. The lowest BCUT2D eigenvalue weighted by atomic mass is 10.0. The Labute approximate surface area is 121 Å². The second-order valence-electron chi connectivity index (χ2n) is 4.28. The zero-order valence-electron chi connectivity index (χ0n) is 11.2. The number of ether oxygens (including phenoxy) is 1. The van der Waals surface area contributed by atoms with E-state index in [1.165, 1.54) is 19.2 Å². The van der Waals surface area contributed by atoms with Crippen molar-refractivity contribution >= 4 is 11.6 Å². The molecular weight excluding hydrogens is 281 g/mol. The lowest BCUT2D eigenvalue weighted by Crippen LogP contribution is -2.21. The van der Waals surface area contributed by atoms with Crippen molar-refractivity contribution in [2.45, 2.75) is 12.5 Å². The highest BCUT2D eigenvalue weighted by molar-refractivity contribution is 6.30. The SMILES string of the molecule is CNC(Cc1cc(Cl)ccc1F)c1ccc(OC)nn1. The number of nitrogens with one attached hydrogen (secondary N) is 1. The van der Waals surface area contributed by atoms with Gasteiger partial charge in [0.1, 0.15) is 5.82 Å². The molecule has 0 spiro atoms. The van der Waals surface area contributed by atoms with Crippen molar-refractivity contribution in [1.82, 2.24) is 15.5 Å². The summed E-state index contributed by atoms with van der Waals surface area (Å²) in [5, 5.41) is 11.6. The predicted molar refractivity (Wildman–Crippen MR) is 75.5 cm³/mol. The number of halogens is 2. The maximum absolute atomic E-state index is 13.8. The molecule has 20 heavy (non-hydrogen) atoms. The summed E-state index contributed by atoms with van der Waals surface area (Å²) < 4.78 is 18.7. The van der Waals surface area contributed by atoms with E-state index in [4.69, 9.17) is 16.3 Å². The van der Waals surface area contributed by atoms with Gasteiger partial charge < -0.3 is 10.1 Å². The molecule has 1 aromatic carbocycles. The van der Waals surface area contributed by atoms with E-state index >= 15 is 0 Å². The first-order chi connectivity index (χ1) is 9.63. The molecule has 4 nitrogen and oxygen atoms in total. The summed E-state index contributed by atoms with van der Waals surface area (Å²) in [4.78, 5) is 0. The highest BCUT2D eigenvalue weighted by atomic mass is 35.5. The van der Waals surface area contributed by atoms with Crippen LogP contribution in [0.15, 0.2) is 30.3 Å². The van der Waals surface area contributed by atoms with Crippen molar-refractivity contribution < 1.29 is 9.13 Å². The molecule has 0 radical (unpaired) electrons. The molecule has 0 aliphatic heterocycles. The van der Waals surface area contributed by atoms with Crippen LogP contribution in [0.4, 0.5) is 4.39 Å². The number of nitrogens with zero attached hydrogens (tertiary/aromatic N) is 2. The molecule has 2 aromatic rings. The smallest absolute Gasteiger partial charge is 0.233 e. The van der Waals surface area contributed by atoms with Crippen molar-refractivity contribution in [2.24, 2.45) is 0 Å². The maximum Gasteiger partial charge on any atom is 0.233 e. The molecule has 1 unspecified atom stereocenters. The summed E-state index contributed by atoms with van der Waals surface area (Å²) in [6.07, 6.45) is 0.434. The van der Waals surface area contributed by atoms with Crippen LogP contribution in [0.2, 0.25) is 5.02 Å². The summed E-state index contributed by atoms with van der Waals surface area (Å²) in [5.74, 6) is 0.161. The monoisotopic (exact) mass is 295 g/mol. The number of hydrogen-bond donors (Lipinski definition) is 1. The van der Waals surface area contributed by atoms with Gasteiger partial charge in [0.2, 0.25) is 5.88 Å². The summed E-state index contributed by atoms with van der Waals surface area (Å²) in [5.41, 5.74) is 1.25. The third-order valence-corrected chi connectivity index (χ3v) is 3.24. The molecular formula is C14H15ClFN3O. The van der Waals surface area contributed by atoms with Crippen molar-refractivity contribution in [1.29, 1.82) is 0 Å². The fourth-order valence-corrected chi connectivity index (χ4v) is 2.09. The summed E-state index contributed by atoms with van der Waals surface area (Å²) in [6.45, 7) is 0. The van der Waals surface area contributed by atoms with E-state index in [1.807, 2.05) is 0 Å². The Kier molecular flexibility index (Phi) is 4.87. The lowest BCUT2D eigenvalue weighted by Gasteiger charge is -2.16. The normalized spacial score (nSPS) is 12.2. The highest BCUT2D eigenvalue weighted by Crippen LogP contribution is 2.21. The maximum atomic E-state index is 13.8. The largest absolute Gasteiger partial charge is 0.480 e. The molecule has 6 heteroatoms. The first-order valence-corrected chi connectivity index (χ1v) is 6.50. The number of aromatic nitrogens is 2. The zero-order valence-corrected chi connectivity index (χ0v) is 12.0. The van der Waals surface area contributed by atoms with Crippen LogP contribution in [0.25, 0.3) is 0 Å². The average molecular weight is 296 g/mol.